The maximum Gasteiger partial charge on any atom is 0.116 e. The molecule has 0 radical (unpaired) electrons. The van der Waals surface area contributed by atoms with Gasteiger partial charge in [-0.25, -0.2) is 4.99 Å². The van der Waals surface area contributed by atoms with Crippen LogP contribution in [0.1, 0.15) is 12.5 Å². The molecule has 0 aliphatic carbocycles. The molecule has 0 N–H and O–H groups in total. The van der Waals surface area contributed by atoms with E-state index in [2.05, 4.69) is 22.4 Å². The third-order valence-corrected chi connectivity index (χ3v) is 2.49. The second-order valence-corrected chi connectivity index (χ2v) is 4.04. The zero-order valence-corrected chi connectivity index (χ0v) is 10.2. The Kier molecular flexibility index (Phi) is 4.43. The average Bonchev–Trinajstić information content (AvgIpc) is 2.18. The van der Waals surface area contributed by atoms with Crippen molar-refractivity contribution in [2.75, 3.05) is 13.7 Å². The fourth-order valence-electron chi connectivity index (χ4n) is 1.39. The highest BCUT2D eigenvalue weighted by Crippen LogP contribution is 2.27. The molecular weight excluding hydrogens is 230 g/mol. The van der Waals surface area contributed by atoms with E-state index in [1.807, 2.05) is 31.2 Å². The summed E-state index contributed by atoms with van der Waals surface area (Å²) < 4.78 is 5.13. The Balaban J connectivity index is 3.14. The smallest absolute Gasteiger partial charge is 0.116 e. The minimum absolute atomic E-state index is 0.441. The number of hydrogen-bond donors (Lipinski definition) is 0. The van der Waals surface area contributed by atoms with E-state index in [4.69, 9.17) is 16.3 Å². The van der Waals surface area contributed by atoms with Gasteiger partial charge in [-0.2, -0.15) is 0 Å². The Morgan fingerprint density at radius 2 is 2.33 bits per heavy atom. The second-order valence-electron chi connectivity index (χ2n) is 3.42. The maximum absolute atomic E-state index is 5.92. The summed E-state index contributed by atoms with van der Waals surface area (Å²) in [5, 5.41) is 3.07. The fourth-order valence-corrected chi connectivity index (χ4v) is 1.78. The Bertz CT molecular complexity index is 390. The lowest BCUT2D eigenvalue weighted by atomic mass is 9.94. The van der Waals surface area contributed by atoms with E-state index >= 15 is 0 Å². The molecule has 1 rings (SSSR count). The second kappa shape index (κ2) is 5.38. The number of benzene rings is 1. The molecule has 1 aromatic rings. The summed E-state index contributed by atoms with van der Waals surface area (Å²) >= 11 is 10.6. The summed E-state index contributed by atoms with van der Waals surface area (Å²) in [5.41, 5.74) is 0.454. The first-order chi connectivity index (χ1) is 7.12. The van der Waals surface area contributed by atoms with E-state index in [9.17, 15) is 0 Å². The van der Waals surface area contributed by atoms with Gasteiger partial charge in [-0.05, 0) is 36.8 Å². The summed E-state index contributed by atoms with van der Waals surface area (Å²) in [6, 6.07) is 7.50. The summed E-state index contributed by atoms with van der Waals surface area (Å²) in [6.45, 7) is 2.37. The van der Waals surface area contributed by atoms with E-state index in [0.717, 1.165) is 5.56 Å². The number of rotatable bonds is 4. The van der Waals surface area contributed by atoms with Gasteiger partial charge >= 0.3 is 0 Å². The van der Waals surface area contributed by atoms with Crippen LogP contribution in [0.3, 0.4) is 0 Å². The highest BCUT2D eigenvalue weighted by atomic mass is 35.5. The van der Waals surface area contributed by atoms with Crippen LogP contribution in [0.5, 0.6) is 0 Å². The third kappa shape index (κ3) is 3.11. The molecule has 0 heterocycles. The number of isothiocyanates is 1. The van der Waals surface area contributed by atoms with Gasteiger partial charge in [0.05, 0.1) is 11.8 Å². The molecule has 1 unspecified atom stereocenters. The van der Waals surface area contributed by atoms with Crippen LogP contribution in [-0.4, -0.2) is 18.9 Å². The highest BCUT2D eigenvalue weighted by molar-refractivity contribution is 7.78. The topological polar surface area (TPSA) is 21.6 Å². The van der Waals surface area contributed by atoms with Crippen molar-refractivity contribution in [3.63, 3.8) is 0 Å². The molecule has 0 saturated carbocycles. The number of halogens is 1. The molecule has 1 aromatic carbocycles. The monoisotopic (exact) mass is 241 g/mol. The lowest BCUT2D eigenvalue weighted by molar-refractivity contribution is 0.142. The van der Waals surface area contributed by atoms with Crippen molar-refractivity contribution >= 4 is 29.0 Å². The van der Waals surface area contributed by atoms with Gasteiger partial charge in [-0.3, -0.25) is 0 Å². The molecule has 0 amide bonds. The molecule has 80 valence electrons. The van der Waals surface area contributed by atoms with Crippen LogP contribution >= 0.6 is 23.8 Å². The van der Waals surface area contributed by atoms with Gasteiger partial charge in [0.1, 0.15) is 5.54 Å². The van der Waals surface area contributed by atoms with Crippen LogP contribution in [-0.2, 0) is 10.3 Å². The molecule has 0 aromatic heterocycles. The van der Waals surface area contributed by atoms with E-state index in [-0.39, 0.29) is 0 Å². The molecule has 4 heteroatoms. The summed E-state index contributed by atoms with van der Waals surface area (Å²) in [7, 11) is 1.63. The maximum atomic E-state index is 5.92. The number of methoxy groups -OCH3 is 1. The largest absolute Gasteiger partial charge is 0.382 e. The number of thiocarbonyl (C=S) groups is 1. The van der Waals surface area contributed by atoms with Crippen LogP contribution in [0.2, 0.25) is 5.02 Å². The standard InChI is InChI=1S/C11H12ClNOS/c1-11(7-14-2,13-8-15)9-4-3-5-10(12)6-9/h3-6H,7H2,1-2H3. The van der Waals surface area contributed by atoms with Crippen molar-refractivity contribution in [3.05, 3.63) is 34.9 Å². The normalized spacial score (nSPS) is 14.1. The Morgan fingerprint density at radius 1 is 1.60 bits per heavy atom. The molecule has 0 saturated heterocycles. The van der Waals surface area contributed by atoms with E-state index < -0.39 is 5.54 Å². The van der Waals surface area contributed by atoms with E-state index in [0.29, 0.717) is 11.6 Å². The minimum Gasteiger partial charge on any atom is -0.382 e. The summed E-state index contributed by atoms with van der Waals surface area (Å²) in [4.78, 5) is 4.14. The number of aliphatic imine (C=N–C) groups is 1. The quantitative estimate of drug-likeness (QED) is 0.596. The Labute approximate surface area is 99.9 Å². The Morgan fingerprint density at radius 3 is 2.87 bits per heavy atom. The molecule has 15 heavy (non-hydrogen) atoms. The van der Waals surface area contributed by atoms with Gasteiger partial charge in [0.2, 0.25) is 0 Å². The van der Waals surface area contributed by atoms with Gasteiger partial charge in [0.15, 0.2) is 0 Å². The Hall–Kier alpha value is -0.730. The number of ether oxygens (including phenoxy) is 1. The first kappa shape index (κ1) is 12.3. The third-order valence-electron chi connectivity index (χ3n) is 2.16. The van der Waals surface area contributed by atoms with Gasteiger partial charge in [0, 0.05) is 12.1 Å². The predicted molar refractivity (Wildman–Crippen MR) is 65.7 cm³/mol. The zero-order valence-electron chi connectivity index (χ0n) is 8.66. The highest BCUT2D eigenvalue weighted by Gasteiger charge is 2.25. The van der Waals surface area contributed by atoms with Crippen LogP contribution < -0.4 is 0 Å². The molecule has 0 spiro atoms. The van der Waals surface area contributed by atoms with Crippen LogP contribution in [0, 0.1) is 0 Å². The lowest BCUT2D eigenvalue weighted by Crippen LogP contribution is -2.25. The SMILES string of the molecule is COCC(C)(N=C=S)c1cccc(Cl)c1. The van der Waals surface area contributed by atoms with Crippen molar-refractivity contribution in [3.8, 4) is 0 Å². The molecule has 2 nitrogen and oxygen atoms in total. The van der Waals surface area contributed by atoms with Crippen molar-refractivity contribution in [1.82, 2.24) is 0 Å². The van der Waals surface area contributed by atoms with Gasteiger partial charge < -0.3 is 4.74 Å². The first-order valence-corrected chi connectivity index (χ1v) is 5.25. The van der Waals surface area contributed by atoms with Gasteiger partial charge in [-0.15, -0.1) is 0 Å². The van der Waals surface area contributed by atoms with E-state index in [1.54, 1.807) is 7.11 Å². The first-order valence-electron chi connectivity index (χ1n) is 4.46. The number of nitrogens with zero attached hydrogens (tertiary/aromatic N) is 1. The molecule has 0 bridgehead atoms. The van der Waals surface area contributed by atoms with Crippen LogP contribution in [0.4, 0.5) is 0 Å². The van der Waals surface area contributed by atoms with Crippen molar-refractivity contribution in [2.24, 2.45) is 4.99 Å². The molecule has 0 fully saturated rings. The molecule has 1 atom stereocenters. The summed E-state index contributed by atoms with van der Waals surface area (Å²) in [6.07, 6.45) is 0. The molecular formula is C11H12ClNOS. The van der Waals surface area contributed by atoms with Crippen LogP contribution in [0.25, 0.3) is 0 Å². The minimum atomic E-state index is -0.512. The molecule has 0 aliphatic heterocycles. The van der Waals surface area contributed by atoms with Crippen LogP contribution in [0.15, 0.2) is 29.3 Å². The number of hydrogen-bond acceptors (Lipinski definition) is 3. The lowest BCUT2D eigenvalue weighted by Gasteiger charge is -2.23. The summed E-state index contributed by atoms with van der Waals surface area (Å²) in [5.74, 6) is 0. The van der Waals surface area contributed by atoms with Crippen molar-refractivity contribution < 1.29 is 4.74 Å². The van der Waals surface area contributed by atoms with Crippen molar-refractivity contribution in [1.29, 1.82) is 0 Å². The fraction of sp³-hybridized carbons (Fsp3) is 0.364. The van der Waals surface area contributed by atoms with Crippen molar-refractivity contribution in [2.45, 2.75) is 12.5 Å². The zero-order chi connectivity index (χ0) is 11.3. The van der Waals surface area contributed by atoms with E-state index in [1.165, 1.54) is 0 Å². The van der Waals surface area contributed by atoms with Gasteiger partial charge in [-0.1, -0.05) is 23.7 Å². The van der Waals surface area contributed by atoms with Gasteiger partial charge in [0.25, 0.3) is 0 Å². The molecule has 0 aliphatic rings. The predicted octanol–water partition coefficient (Wildman–Crippen LogP) is 3.30. The average molecular weight is 242 g/mol.